The van der Waals surface area contributed by atoms with E-state index in [4.69, 9.17) is 4.74 Å². The van der Waals surface area contributed by atoms with Crippen molar-refractivity contribution in [1.29, 1.82) is 0 Å². The third-order valence-electron chi connectivity index (χ3n) is 3.67. The minimum absolute atomic E-state index is 0.0147. The summed E-state index contributed by atoms with van der Waals surface area (Å²) < 4.78 is 5.55. The van der Waals surface area contributed by atoms with Crippen LogP contribution in [-0.4, -0.2) is 54.1 Å². The summed E-state index contributed by atoms with van der Waals surface area (Å²) in [5.41, 5.74) is 0.0147. The van der Waals surface area contributed by atoms with Crippen molar-refractivity contribution in [2.45, 2.75) is 18.9 Å². The highest BCUT2D eigenvalue weighted by atomic mass is 16.6. The molecule has 1 saturated heterocycles. The fourth-order valence-electron chi connectivity index (χ4n) is 2.23. The fraction of sp³-hybridized carbons (Fsp3) is 0.615. The van der Waals surface area contributed by atoms with E-state index < -0.39 is 0 Å². The molecule has 7 heteroatoms. The van der Waals surface area contributed by atoms with Crippen molar-refractivity contribution in [3.63, 3.8) is 0 Å². The summed E-state index contributed by atoms with van der Waals surface area (Å²) >= 11 is 0. The van der Waals surface area contributed by atoms with Gasteiger partial charge in [-0.05, 0) is 19.9 Å². The van der Waals surface area contributed by atoms with Gasteiger partial charge in [-0.1, -0.05) is 0 Å². The van der Waals surface area contributed by atoms with Gasteiger partial charge in [-0.2, -0.15) is 0 Å². The highest BCUT2D eigenvalue weighted by molar-refractivity contribution is 5.54. The average Bonchev–Trinajstić information content (AvgIpc) is 3.24. The topological polar surface area (TPSA) is 71.7 Å². The van der Waals surface area contributed by atoms with Crippen molar-refractivity contribution in [1.82, 2.24) is 9.88 Å². The lowest BCUT2D eigenvalue weighted by Crippen LogP contribution is -2.44. The van der Waals surface area contributed by atoms with Gasteiger partial charge < -0.3 is 14.5 Å². The van der Waals surface area contributed by atoms with E-state index >= 15 is 0 Å². The van der Waals surface area contributed by atoms with Gasteiger partial charge in [0.1, 0.15) is 5.82 Å². The molecule has 0 N–H and O–H groups in total. The second kappa shape index (κ2) is 5.24. The third kappa shape index (κ3) is 2.82. The molecule has 1 aliphatic heterocycles. The van der Waals surface area contributed by atoms with Crippen molar-refractivity contribution in [2.24, 2.45) is 0 Å². The Labute approximate surface area is 117 Å². The van der Waals surface area contributed by atoms with Crippen molar-refractivity contribution >= 4 is 11.5 Å². The molecule has 0 amide bonds. The number of nitrogens with zero attached hydrogens (tertiary/aromatic N) is 4. The summed E-state index contributed by atoms with van der Waals surface area (Å²) in [6, 6.07) is 1.53. The van der Waals surface area contributed by atoms with Crippen molar-refractivity contribution in [3.8, 4) is 5.75 Å². The van der Waals surface area contributed by atoms with Gasteiger partial charge >= 0.3 is 5.69 Å². The molecule has 1 aromatic heterocycles. The number of hydrogen-bond donors (Lipinski definition) is 0. The van der Waals surface area contributed by atoms with E-state index in [0.29, 0.717) is 5.82 Å². The zero-order valence-electron chi connectivity index (χ0n) is 11.5. The molecular formula is C13H18N4O3. The van der Waals surface area contributed by atoms with Crippen molar-refractivity contribution in [3.05, 3.63) is 22.4 Å². The maximum atomic E-state index is 11.2. The fourth-order valence-corrected chi connectivity index (χ4v) is 2.23. The molecule has 1 aromatic rings. The first-order valence-corrected chi connectivity index (χ1v) is 6.88. The van der Waals surface area contributed by atoms with Crippen LogP contribution in [0.25, 0.3) is 0 Å². The van der Waals surface area contributed by atoms with Gasteiger partial charge in [-0.15, -0.1) is 0 Å². The minimum atomic E-state index is -0.390. The molecule has 0 radical (unpaired) electrons. The second-order valence-electron chi connectivity index (χ2n) is 5.37. The molecule has 1 saturated carbocycles. The number of pyridine rings is 1. The van der Waals surface area contributed by atoms with Gasteiger partial charge in [0, 0.05) is 26.2 Å². The quantitative estimate of drug-likeness (QED) is 0.610. The van der Waals surface area contributed by atoms with Crippen LogP contribution < -0.4 is 9.64 Å². The van der Waals surface area contributed by atoms with E-state index in [9.17, 15) is 10.1 Å². The molecule has 7 nitrogen and oxygen atoms in total. The lowest BCUT2D eigenvalue weighted by atomic mass is 10.3. The molecule has 2 aliphatic rings. The molecule has 0 spiro atoms. The molecule has 2 fully saturated rings. The normalized spacial score (nSPS) is 19.9. The predicted molar refractivity (Wildman–Crippen MR) is 74.3 cm³/mol. The Morgan fingerprint density at radius 1 is 1.35 bits per heavy atom. The maximum absolute atomic E-state index is 11.2. The van der Waals surface area contributed by atoms with Crippen molar-refractivity contribution < 1.29 is 9.66 Å². The van der Waals surface area contributed by atoms with E-state index in [0.717, 1.165) is 39.0 Å². The monoisotopic (exact) mass is 278 g/mol. The first kappa shape index (κ1) is 13.1. The number of nitro groups is 1. The van der Waals surface area contributed by atoms with Crippen LogP contribution in [0.4, 0.5) is 11.5 Å². The highest BCUT2D eigenvalue weighted by Crippen LogP contribution is 2.34. The standard InChI is InChI=1S/C13H18N4O3/c1-15-4-6-16(7-5-15)13-8-11(17(18)19)12(9-14-13)20-10-2-3-10/h8-10H,2-7H2,1H3. The zero-order chi connectivity index (χ0) is 14.1. The highest BCUT2D eigenvalue weighted by Gasteiger charge is 2.28. The average molecular weight is 278 g/mol. The van der Waals surface area contributed by atoms with Gasteiger partial charge in [0.05, 0.1) is 23.3 Å². The number of likely N-dealkylation sites (N-methyl/N-ethyl adjacent to an activating group) is 1. The zero-order valence-corrected chi connectivity index (χ0v) is 11.5. The Morgan fingerprint density at radius 2 is 2.05 bits per heavy atom. The lowest BCUT2D eigenvalue weighted by molar-refractivity contribution is -0.385. The Bertz CT molecular complexity index is 510. The van der Waals surface area contributed by atoms with Crippen LogP contribution in [0.3, 0.4) is 0 Å². The van der Waals surface area contributed by atoms with E-state index in [1.165, 1.54) is 12.3 Å². The van der Waals surface area contributed by atoms with E-state index in [1.54, 1.807) is 0 Å². The maximum Gasteiger partial charge on any atom is 0.316 e. The first-order valence-electron chi connectivity index (χ1n) is 6.88. The minimum Gasteiger partial charge on any atom is -0.482 e. The van der Waals surface area contributed by atoms with Crippen LogP contribution in [0.2, 0.25) is 0 Å². The summed E-state index contributed by atoms with van der Waals surface area (Å²) in [5.74, 6) is 0.948. The number of anilines is 1. The van der Waals surface area contributed by atoms with Crippen molar-refractivity contribution in [2.75, 3.05) is 38.1 Å². The smallest absolute Gasteiger partial charge is 0.316 e. The largest absolute Gasteiger partial charge is 0.482 e. The Hall–Kier alpha value is -1.89. The van der Waals surface area contributed by atoms with Crippen LogP contribution in [-0.2, 0) is 0 Å². The lowest BCUT2D eigenvalue weighted by Gasteiger charge is -2.33. The summed E-state index contributed by atoms with van der Waals surface area (Å²) in [6.07, 6.45) is 3.56. The Balaban J connectivity index is 1.81. The number of aromatic nitrogens is 1. The van der Waals surface area contributed by atoms with Crippen LogP contribution in [0.15, 0.2) is 12.3 Å². The summed E-state index contributed by atoms with van der Waals surface area (Å²) in [7, 11) is 2.07. The summed E-state index contributed by atoms with van der Waals surface area (Å²) in [6.45, 7) is 3.55. The van der Waals surface area contributed by atoms with Crippen LogP contribution in [0.5, 0.6) is 5.75 Å². The number of rotatable bonds is 4. The Morgan fingerprint density at radius 3 is 2.65 bits per heavy atom. The number of hydrogen-bond acceptors (Lipinski definition) is 6. The molecule has 20 heavy (non-hydrogen) atoms. The molecule has 2 heterocycles. The van der Waals surface area contributed by atoms with Gasteiger partial charge in [0.2, 0.25) is 5.75 Å². The molecule has 0 aromatic carbocycles. The van der Waals surface area contributed by atoms with E-state index in [1.807, 2.05) is 0 Å². The molecule has 1 aliphatic carbocycles. The molecule has 3 rings (SSSR count). The molecule has 108 valence electrons. The SMILES string of the molecule is CN1CCN(c2cc([N+](=O)[O-])c(OC3CC3)cn2)CC1. The van der Waals surface area contributed by atoms with Crippen LogP contribution in [0.1, 0.15) is 12.8 Å². The first-order chi connectivity index (χ1) is 9.63. The third-order valence-corrected chi connectivity index (χ3v) is 3.67. The molecule has 0 unspecified atom stereocenters. The molecule has 0 bridgehead atoms. The predicted octanol–water partition coefficient (Wildman–Crippen LogP) is 1.28. The Kier molecular flexibility index (Phi) is 3.43. The summed E-state index contributed by atoms with van der Waals surface area (Å²) in [5, 5.41) is 11.2. The van der Waals surface area contributed by atoms with E-state index in [2.05, 4.69) is 21.8 Å². The number of piperazine rings is 1. The number of ether oxygens (including phenoxy) is 1. The second-order valence-corrected chi connectivity index (χ2v) is 5.37. The van der Waals surface area contributed by atoms with Gasteiger partial charge in [0.25, 0.3) is 0 Å². The van der Waals surface area contributed by atoms with Crippen LogP contribution in [0, 0.1) is 10.1 Å². The van der Waals surface area contributed by atoms with E-state index in [-0.39, 0.29) is 22.5 Å². The summed E-state index contributed by atoms with van der Waals surface area (Å²) in [4.78, 5) is 19.4. The van der Waals surface area contributed by atoms with Gasteiger partial charge in [0.15, 0.2) is 0 Å². The van der Waals surface area contributed by atoms with Gasteiger partial charge in [-0.3, -0.25) is 10.1 Å². The molecule has 0 atom stereocenters. The molecular weight excluding hydrogens is 260 g/mol. The van der Waals surface area contributed by atoms with Crippen LogP contribution >= 0.6 is 0 Å². The van der Waals surface area contributed by atoms with Gasteiger partial charge in [-0.25, -0.2) is 4.98 Å².